The first-order valence-electron chi connectivity index (χ1n) is 10.2. The van der Waals surface area contributed by atoms with Gasteiger partial charge in [0, 0.05) is 38.6 Å². The van der Waals surface area contributed by atoms with E-state index >= 15 is 0 Å². The van der Waals surface area contributed by atoms with Crippen LogP contribution in [0.1, 0.15) is 46.9 Å². The molecule has 1 fully saturated rings. The number of ether oxygens (including phenoxy) is 1. The van der Waals surface area contributed by atoms with E-state index < -0.39 is 0 Å². The number of aromatic nitrogens is 2. The molecule has 2 N–H and O–H groups in total. The summed E-state index contributed by atoms with van der Waals surface area (Å²) in [7, 11) is 1.63. The molecule has 0 spiro atoms. The highest BCUT2D eigenvalue weighted by Gasteiger charge is 2.27. The minimum Gasteiger partial charge on any atom is -0.497 e. The second kappa shape index (κ2) is 8.55. The molecule has 0 aliphatic carbocycles. The number of hydrogen-bond donors (Lipinski definition) is 2. The molecule has 154 valence electrons. The highest BCUT2D eigenvalue weighted by Crippen LogP contribution is 2.28. The zero-order valence-corrected chi connectivity index (χ0v) is 16.7. The first kappa shape index (κ1) is 19.3. The predicted octanol–water partition coefficient (Wildman–Crippen LogP) is 2.11. The number of rotatable bonds is 4. The molecule has 0 unspecified atom stereocenters. The molecule has 0 saturated carbocycles. The number of likely N-dealkylation sites (tertiary alicyclic amines) is 1. The van der Waals surface area contributed by atoms with Crippen LogP contribution < -0.4 is 15.4 Å². The van der Waals surface area contributed by atoms with Crippen LogP contribution in [0.4, 0.5) is 4.79 Å². The lowest BCUT2D eigenvalue weighted by Gasteiger charge is -2.31. The second-order valence-electron chi connectivity index (χ2n) is 7.56. The lowest BCUT2D eigenvalue weighted by atomic mass is 9.93. The molecule has 1 saturated heterocycles. The molecule has 8 nitrogen and oxygen atoms in total. The molecule has 1 aromatic carbocycles. The van der Waals surface area contributed by atoms with Crippen LogP contribution in [0.2, 0.25) is 0 Å². The Hall–Kier alpha value is -3.03. The summed E-state index contributed by atoms with van der Waals surface area (Å²) in [4.78, 5) is 26.5. The smallest absolute Gasteiger partial charge is 0.317 e. The fourth-order valence-corrected chi connectivity index (χ4v) is 3.92. The van der Waals surface area contributed by atoms with Gasteiger partial charge in [-0.2, -0.15) is 5.10 Å². The van der Waals surface area contributed by atoms with Crippen molar-refractivity contribution in [3.8, 4) is 5.75 Å². The summed E-state index contributed by atoms with van der Waals surface area (Å²) in [5, 5.41) is 10.6. The van der Waals surface area contributed by atoms with Gasteiger partial charge in [-0.1, -0.05) is 12.1 Å². The number of methoxy groups -OCH3 is 1. The van der Waals surface area contributed by atoms with Crippen molar-refractivity contribution in [3.05, 3.63) is 47.3 Å². The van der Waals surface area contributed by atoms with E-state index in [1.54, 1.807) is 7.11 Å². The molecule has 1 aromatic heterocycles. The highest BCUT2D eigenvalue weighted by molar-refractivity contribution is 5.92. The summed E-state index contributed by atoms with van der Waals surface area (Å²) >= 11 is 0. The zero-order valence-electron chi connectivity index (χ0n) is 16.7. The molecular weight excluding hydrogens is 370 g/mol. The number of piperidine rings is 1. The number of hydrogen-bond acceptors (Lipinski definition) is 4. The summed E-state index contributed by atoms with van der Waals surface area (Å²) in [6.45, 7) is 3.33. The number of fused-ring (bicyclic) bond motifs is 1. The third-order valence-corrected chi connectivity index (χ3v) is 5.67. The van der Waals surface area contributed by atoms with Gasteiger partial charge in [0.1, 0.15) is 11.4 Å². The van der Waals surface area contributed by atoms with Crippen molar-refractivity contribution in [1.29, 1.82) is 0 Å². The van der Waals surface area contributed by atoms with Crippen molar-refractivity contribution in [2.45, 2.75) is 38.3 Å². The Bertz CT molecular complexity index is 869. The maximum atomic E-state index is 12.5. The van der Waals surface area contributed by atoms with E-state index in [9.17, 15) is 9.59 Å². The van der Waals surface area contributed by atoms with Crippen molar-refractivity contribution >= 4 is 11.9 Å². The standard InChI is InChI=1S/C21H27N5O3/c1-29-17-5-3-15(4-6-17)14-23-21(28)25-11-7-16(8-12-25)18-13-19-20(27)22-9-2-10-26(19)24-18/h3-6,13,16H,2,7-12,14H2,1H3,(H,22,27)(H,23,28). The maximum absolute atomic E-state index is 12.5. The number of nitrogens with one attached hydrogen (secondary N) is 2. The van der Waals surface area contributed by atoms with Crippen LogP contribution in [0, 0.1) is 0 Å². The molecule has 0 radical (unpaired) electrons. The van der Waals surface area contributed by atoms with E-state index in [2.05, 4.69) is 15.7 Å². The molecule has 2 aliphatic rings. The molecule has 3 amide bonds. The number of nitrogens with zero attached hydrogens (tertiary/aromatic N) is 3. The van der Waals surface area contributed by atoms with E-state index in [4.69, 9.17) is 4.74 Å². The Kier molecular flexibility index (Phi) is 5.69. The number of amides is 3. The monoisotopic (exact) mass is 397 g/mol. The van der Waals surface area contributed by atoms with Crippen molar-refractivity contribution in [2.24, 2.45) is 0 Å². The topological polar surface area (TPSA) is 88.5 Å². The van der Waals surface area contributed by atoms with Gasteiger partial charge in [0.25, 0.3) is 5.91 Å². The minimum absolute atomic E-state index is 0.0423. The molecule has 0 atom stereocenters. The van der Waals surface area contributed by atoms with Crippen molar-refractivity contribution < 1.29 is 14.3 Å². The lowest BCUT2D eigenvalue weighted by Crippen LogP contribution is -2.43. The largest absolute Gasteiger partial charge is 0.497 e. The fraction of sp³-hybridized carbons (Fsp3) is 0.476. The van der Waals surface area contributed by atoms with Crippen LogP contribution in [0.5, 0.6) is 5.75 Å². The third kappa shape index (κ3) is 4.36. The summed E-state index contributed by atoms with van der Waals surface area (Å²) in [6.07, 6.45) is 2.61. The van der Waals surface area contributed by atoms with Crippen LogP contribution in [0.3, 0.4) is 0 Å². The van der Waals surface area contributed by atoms with Gasteiger partial charge in [0.15, 0.2) is 0 Å². The highest BCUT2D eigenvalue weighted by atomic mass is 16.5. The normalized spacial score (nSPS) is 17.3. The van der Waals surface area contributed by atoms with Gasteiger partial charge in [0.2, 0.25) is 0 Å². The molecule has 0 bridgehead atoms. The van der Waals surface area contributed by atoms with Gasteiger partial charge in [0.05, 0.1) is 12.8 Å². The Morgan fingerprint density at radius 1 is 1.24 bits per heavy atom. The molecule has 2 aliphatic heterocycles. The zero-order chi connectivity index (χ0) is 20.2. The van der Waals surface area contributed by atoms with Crippen molar-refractivity contribution in [1.82, 2.24) is 25.3 Å². The minimum atomic E-state index is -0.0448. The van der Waals surface area contributed by atoms with Gasteiger partial charge in [-0.15, -0.1) is 0 Å². The molecule has 3 heterocycles. The lowest BCUT2D eigenvalue weighted by molar-refractivity contribution is 0.0950. The van der Waals surface area contributed by atoms with E-state index in [-0.39, 0.29) is 17.9 Å². The molecule has 29 heavy (non-hydrogen) atoms. The summed E-state index contributed by atoms with van der Waals surface area (Å²) in [6, 6.07) is 9.55. The van der Waals surface area contributed by atoms with Crippen LogP contribution in [-0.4, -0.2) is 53.4 Å². The van der Waals surface area contributed by atoms with Gasteiger partial charge in [-0.3, -0.25) is 9.48 Å². The fourth-order valence-electron chi connectivity index (χ4n) is 3.92. The first-order chi connectivity index (χ1) is 14.1. The molecular formula is C21H27N5O3. The van der Waals surface area contributed by atoms with E-state index in [1.807, 2.05) is 39.9 Å². The van der Waals surface area contributed by atoms with Crippen molar-refractivity contribution in [2.75, 3.05) is 26.7 Å². The van der Waals surface area contributed by atoms with Crippen LogP contribution in [0.25, 0.3) is 0 Å². The molecule has 4 rings (SSSR count). The van der Waals surface area contributed by atoms with E-state index in [0.29, 0.717) is 31.9 Å². The Morgan fingerprint density at radius 3 is 2.72 bits per heavy atom. The Morgan fingerprint density at radius 2 is 2.00 bits per heavy atom. The predicted molar refractivity (Wildman–Crippen MR) is 108 cm³/mol. The average molecular weight is 397 g/mol. The second-order valence-corrected chi connectivity index (χ2v) is 7.56. The molecule has 2 aromatic rings. The summed E-state index contributed by atoms with van der Waals surface area (Å²) in [5.41, 5.74) is 2.65. The quantitative estimate of drug-likeness (QED) is 0.827. The third-order valence-electron chi connectivity index (χ3n) is 5.67. The Labute approximate surface area is 170 Å². The van der Waals surface area contributed by atoms with Gasteiger partial charge in [-0.05, 0) is 43.0 Å². The van der Waals surface area contributed by atoms with Crippen LogP contribution >= 0.6 is 0 Å². The van der Waals surface area contributed by atoms with Gasteiger partial charge < -0.3 is 20.3 Å². The summed E-state index contributed by atoms with van der Waals surface area (Å²) < 4.78 is 6.98. The van der Waals surface area contributed by atoms with Crippen molar-refractivity contribution in [3.63, 3.8) is 0 Å². The maximum Gasteiger partial charge on any atom is 0.317 e. The first-order valence-corrected chi connectivity index (χ1v) is 10.2. The average Bonchev–Trinajstić information content (AvgIpc) is 3.12. The Balaban J connectivity index is 1.29. The summed E-state index contributed by atoms with van der Waals surface area (Å²) in [5.74, 6) is 1.04. The number of aryl methyl sites for hydroxylation is 1. The van der Waals surface area contributed by atoms with E-state index in [1.165, 1.54) is 0 Å². The van der Waals surface area contributed by atoms with Crippen LogP contribution in [-0.2, 0) is 13.1 Å². The number of benzene rings is 1. The van der Waals surface area contributed by atoms with Gasteiger partial charge >= 0.3 is 6.03 Å². The van der Waals surface area contributed by atoms with Gasteiger partial charge in [-0.25, -0.2) is 4.79 Å². The molecule has 8 heteroatoms. The number of carbonyl (C=O) groups is 2. The number of carbonyl (C=O) groups excluding carboxylic acids is 2. The number of urea groups is 1. The van der Waals surface area contributed by atoms with E-state index in [0.717, 1.165) is 42.8 Å². The SMILES string of the molecule is COc1ccc(CNC(=O)N2CCC(c3cc4n(n3)CCCNC4=O)CC2)cc1. The van der Waals surface area contributed by atoms with Crippen LogP contribution in [0.15, 0.2) is 30.3 Å².